The third-order valence-corrected chi connectivity index (χ3v) is 7.07. The summed E-state index contributed by atoms with van der Waals surface area (Å²) in [5, 5.41) is 2.99. The van der Waals surface area contributed by atoms with Gasteiger partial charge < -0.3 is 19.4 Å². The summed E-state index contributed by atoms with van der Waals surface area (Å²) in [6.07, 6.45) is -2.40. The van der Waals surface area contributed by atoms with Crippen molar-refractivity contribution < 1.29 is 31.9 Å². The molecule has 2 fully saturated rings. The molecule has 202 valence electrons. The first kappa shape index (κ1) is 27.0. The van der Waals surface area contributed by atoms with Crippen LogP contribution in [0.1, 0.15) is 52.2 Å². The summed E-state index contributed by atoms with van der Waals surface area (Å²) in [7, 11) is 0. The fourth-order valence-electron chi connectivity index (χ4n) is 5.34. The Morgan fingerprint density at radius 3 is 2.49 bits per heavy atom. The Labute approximate surface area is 214 Å². The van der Waals surface area contributed by atoms with Crippen molar-refractivity contribution in [1.29, 1.82) is 0 Å². The molecule has 0 saturated carbocycles. The highest BCUT2D eigenvalue weighted by Crippen LogP contribution is 2.37. The van der Waals surface area contributed by atoms with Gasteiger partial charge in [-0.25, -0.2) is 0 Å². The van der Waals surface area contributed by atoms with Crippen molar-refractivity contribution in [3.8, 4) is 17.1 Å². The number of nitrogens with zero attached hydrogens (tertiary/aromatic N) is 2. The number of alkyl halides is 3. The predicted octanol–water partition coefficient (Wildman–Crippen LogP) is 4.96. The van der Waals surface area contributed by atoms with Gasteiger partial charge in [-0.2, -0.15) is 0 Å². The molecule has 0 radical (unpaired) electrons. The zero-order valence-electron chi connectivity index (χ0n) is 21.4. The normalized spacial score (nSPS) is 20.5. The minimum absolute atomic E-state index is 0.000910. The van der Waals surface area contributed by atoms with Crippen LogP contribution in [0.2, 0.25) is 0 Å². The van der Waals surface area contributed by atoms with Crippen LogP contribution in [0.15, 0.2) is 40.8 Å². The number of hydrogen-bond acceptors (Lipinski definition) is 5. The number of amides is 2. The number of ether oxygens (including phenoxy) is 1. The number of piperidine rings is 1. The summed E-state index contributed by atoms with van der Waals surface area (Å²) in [4.78, 5) is 30.5. The summed E-state index contributed by atoms with van der Waals surface area (Å²) in [5.74, 6) is 0.769. The van der Waals surface area contributed by atoms with E-state index in [-0.39, 0.29) is 28.9 Å². The lowest BCUT2D eigenvalue weighted by molar-refractivity contribution is -0.274. The Morgan fingerprint density at radius 1 is 1.14 bits per heavy atom. The van der Waals surface area contributed by atoms with Crippen LogP contribution in [-0.4, -0.2) is 59.2 Å². The number of furan rings is 1. The van der Waals surface area contributed by atoms with Crippen molar-refractivity contribution in [3.05, 3.63) is 42.2 Å². The van der Waals surface area contributed by atoms with Crippen molar-refractivity contribution >= 4 is 11.8 Å². The maximum absolute atomic E-state index is 13.3. The van der Waals surface area contributed by atoms with Crippen LogP contribution in [0, 0.1) is 5.92 Å². The van der Waals surface area contributed by atoms with E-state index in [0.29, 0.717) is 57.1 Å². The topological polar surface area (TPSA) is 75.0 Å². The molecule has 1 unspecified atom stereocenters. The van der Waals surface area contributed by atoms with Gasteiger partial charge in [0, 0.05) is 19.6 Å². The molecule has 10 heteroatoms. The molecule has 1 aromatic heterocycles. The quantitative estimate of drug-likeness (QED) is 0.531. The Morgan fingerprint density at radius 2 is 1.84 bits per heavy atom. The standard InChI is InChI=1S/C27H34F3N3O4/c1-4-13-33-24(34)21(16-18(2)3)31-25(35)26(33)11-14-32(15-12-26)17-19-9-10-22(36-19)20-7-5-6-8-23(20)37-27(28,29)30/h5-10,18,21H,4,11-17H2,1-3H3,(H,31,35). The number of likely N-dealkylation sites (tertiary alicyclic amines) is 1. The van der Waals surface area contributed by atoms with Gasteiger partial charge in [-0.15, -0.1) is 13.2 Å². The second kappa shape index (κ2) is 10.8. The van der Waals surface area contributed by atoms with E-state index in [1.807, 2.05) is 20.8 Å². The highest BCUT2D eigenvalue weighted by Gasteiger charge is 2.53. The molecule has 2 aliphatic rings. The highest BCUT2D eigenvalue weighted by atomic mass is 19.4. The lowest BCUT2D eigenvalue weighted by Gasteiger charge is -2.51. The van der Waals surface area contributed by atoms with Gasteiger partial charge in [-0.1, -0.05) is 32.9 Å². The van der Waals surface area contributed by atoms with Crippen LogP contribution in [-0.2, 0) is 16.1 Å². The smallest absolute Gasteiger partial charge is 0.460 e. The van der Waals surface area contributed by atoms with E-state index >= 15 is 0 Å². The number of hydrogen-bond donors (Lipinski definition) is 1. The fraction of sp³-hybridized carbons (Fsp3) is 0.556. The lowest BCUT2D eigenvalue weighted by atomic mass is 9.81. The van der Waals surface area contributed by atoms with E-state index in [1.165, 1.54) is 18.2 Å². The molecule has 2 amide bonds. The third-order valence-electron chi connectivity index (χ3n) is 7.07. The molecular formula is C27H34F3N3O4. The van der Waals surface area contributed by atoms with Gasteiger partial charge >= 0.3 is 6.36 Å². The monoisotopic (exact) mass is 521 g/mol. The number of halogens is 3. The SMILES string of the molecule is CCCN1C(=O)C(CC(C)C)NC(=O)C12CCN(Cc1ccc(-c3ccccc3OC(F)(F)F)o1)CC2. The van der Waals surface area contributed by atoms with Gasteiger partial charge in [0.05, 0.1) is 12.1 Å². The minimum atomic E-state index is -4.80. The van der Waals surface area contributed by atoms with Crippen LogP contribution in [0.3, 0.4) is 0 Å². The van der Waals surface area contributed by atoms with E-state index < -0.39 is 17.9 Å². The molecule has 1 atom stereocenters. The van der Waals surface area contributed by atoms with Crippen LogP contribution >= 0.6 is 0 Å². The molecule has 1 N–H and O–H groups in total. The first-order chi connectivity index (χ1) is 17.5. The van der Waals surface area contributed by atoms with Crippen LogP contribution in [0.25, 0.3) is 11.3 Å². The van der Waals surface area contributed by atoms with Gasteiger partial charge in [-0.3, -0.25) is 14.5 Å². The van der Waals surface area contributed by atoms with Crippen LogP contribution < -0.4 is 10.1 Å². The first-order valence-electron chi connectivity index (χ1n) is 12.8. The summed E-state index contributed by atoms with van der Waals surface area (Å²) in [6.45, 7) is 8.23. The predicted molar refractivity (Wildman–Crippen MR) is 131 cm³/mol. The average molecular weight is 522 g/mol. The van der Waals surface area contributed by atoms with Gasteiger partial charge in [0.1, 0.15) is 28.9 Å². The number of carbonyl (C=O) groups is 2. The molecule has 1 spiro atoms. The maximum Gasteiger partial charge on any atom is 0.573 e. The molecule has 3 heterocycles. The van der Waals surface area contributed by atoms with Crippen molar-refractivity contribution in [2.24, 2.45) is 5.92 Å². The number of nitrogens with one attached hydrogen (secondary N) is 1. The second-order valence-corrected chi connectivity index (χ2v) is 10.3. The fourth-order valence-corrected chi connectivity index (χ4v) is 5.34. The summed E-state index contributed by atoms with van der Waals surface area (Å²) in [6, 6.07) is 8.74. The molecule has 2 aromatic rings. The summed E-state index contributed by atoms with van der Waals surface area (Å²) >= 11 is 0. The minimum Gasteiger partial charge on any atom is -0.460 e. The van der Waals surface area contributed by atoms with Gasteiger partial charge in [0.2, 0.25) is 11.8 Å². The first-order valence-corrected chi connectivity index (χ1v) is 12.8. The Kier molecular flexibility index (Phi) is 7.87. The molecule has 0 aliphatic carbocycles. The zero-order chi connectivity index (χ0) is 26.8. The van der Waals surface area contributed by atoms with Gasteiger partial charge in [0.15, 0.2) is 0 Å². The number of benzene rings is 1. The molecule has 0 bridgehead atoms. The molecular weight excluding hydrogens is 487 g/mol. The molecule has 7 nitrogen and oxygen atoms in total. The van der Waals surface area contributed by atoms with Crippen molar-refractivity contribution in [2.45, 2.75) is 70.9 Å². The largest absolute Gasteiger partial charge is 0.573 e. The molecule has 2 saturated heterocycles. The van der Waals surface area contributed by atoms with Gasteiger partial charge in [-0.05, 0) is 55.9 Å². The Hall–Kier alpha value is -3.01. The molecule has 2 aliphatic heterocycles. The third kappa shape index (κ3) is 5.95. The highest BCUT2D eigenvalue weighted by molar-refractivity contribution is 6.00. The summed E-state index contributed by atoms with van der Waals surface area (Å²) < 4.78 is 48.4. The van der Waals surface area contributed by atoms with E-state index in [9.17, 15) is 22.8 Å². The molecule has 1 aromatic carbocycles. The molecule has 37 heavy (non-hydrogen) atoms. The van der Waals surface area contributed by atoms with Crippen LogP contribution in [0.5, 0.6) is 5.75 Å². The number of rotatable bonds is 8. The van der Waals surface area contributed by atoms with Crippen molar-refractivity contribution in [3.63, 3.8) is 0 Å². The molecule has 4 rings (SSSR count). The zero-order valence-corrected chi connectivity index (χ0v) is 21.4. The van der Waals surface area contributed by atoms with Gasteiger partial charge in [0.25, 0.3) is 0 Å². The lowest BCUT2D eigenvalue weighted by Crippen LogP contribution is -2.73. The maximum atomic E-state index is 13.3. The van der Waals surface area contributed by atoms with E-state index in [4.69, 9.17) is 4.42 Å². The Bertz CT molecular complexity index is 1110. The second-order valence-electron chi connectivity index (χ2n) is 10.3. The van der Waals surface area contributed by atoms with Crippen molar-refractivity contribution in [2.75, 3.05) is 19.6 Å². The van der Waals surface area contributed by atoms with E-state index in [1.54, 1.807) is 23.1 Å². The number of piperazine rings is 1. The van der Waals surface area contributed by atoms with E-state index in [0.717, 1.165) is 6.42 Å². The van der Waals surface area contributed by atoms with Crippen molar-refractivity contribution in [1.82, 2.24) is 15.1 Å². The van der Waals surface area contributed by atoms with E-state index in [2.05, 4.69) is 15.0 Å². The van der Waals surface area contributed by atoms with Crippen LogP contribution in [0.4, 0.5) is 13.2 Å². The number of carbonyl (C=O) groups excluding carboxylic acids is 2. The average Bonchev–Trinajstić information content (AvgIpc) is 3.29. The number of para-hydroxylation sites is 1. The summed E-state index contributed by atoms with van der Waals surface area (Å²) in [5.41, 5.74) is -0.633. The Balaban J connectivity index is 1.44.